The molecule has 0 saturated heterocycles. The molecule has 0 radical (unpaired) electrons. The Labute approximate surface area is 91.5 Å². The Kier molecular flexibility index (Phi) is 2.68. The molecule has 1 heterocycles. The maximum absolute atomic E-state index is 3.97. The summed E-state index contributed by atoms with van der Waals surface area (Å²) in [5.74, 6) is 0. The first-order valence-electron chi connectivity index (χ1n) is 4.59. The molecule has 1 aromatic heterocycles. The van der Waals surface area contributed by atoms with E-state index < -0.39 is 0 Å². The second kappa shape index (κ2) is 3.96. The van der Waals surface area contributed by atoms with E-state index in [2.05, 4.69) is 57.3 Å². The summed E-state index contributed by atoms with van der Waals surface area (Å²) >= 11 is 3.44. The Hall–Kier alpha value is -1.09. The van der Waals surface area contributed by atoms with Crippen LogP contribution in [0.1, 0.15) is 12.5 Å². The monoisotopic (exact) mass is 250 g/mol. The molecule has 0 spiro atoms. The van der Waals surface area contributed by atoms with Crippen LogP contribution in [0.2, 0.25) is 0 Å². The van der Waals surface area contributed by atoms with E-state index >= 15 is 0 Å². The summed E-state index contributed by atoms with van der Waals surface area (Å²) in [7, 11) is 0. The molecule has 0 amide bonds. The van der Waals surface area contributed by atoms with Gasteiger partial charge in [-0.05, 0) is 27.9 Å². The van der Waals surface area contributed by atoms with Gasteiger partial charge in [0, 0.05) is 5.56 Å². The van der Waals surface area contributed by atoms with Gasteiger partial charge in [-0.2, -0.15) is 5.10 Å². The van der Waals surface area contributed by atoms with Crippen molar-refractivity contribution < 1.29 is 0 Å². The molecule has 72 valence electrons. The molecule has 1 aromatic carbocycles. The molecule has 0 aliphatic rings. The standard InChI is InChI=1S/C11H11BrN2/c1-2-8-3-5-9(6-4-8)11-10(12)7-13-14-11/h3-7H,2H2,1H3,(H,13,14). The van der Waals surface area contributed by atoms with E-state index in [4.69, 9.17) is 0 Å². The fraction of sp³-hybridized carbons (Fsp3) is 0.182. The molecule has 14 heavy (non-hydrogen) atoms. The summed E-state index contributed by atoms with van der Waals surface area (Å²) in [4.78, 5) is 0. The number of aromatic amines is 1. The van der Waals surface area contributed by atoms with Gasteiger partial charge in [0.05, 0.1) is 16.4 Å². The van der Waals surface area contributed by atoms with Gasteiger partial charge in [-0.15, -0.1) is 0 Å². The zero-order valence-electron chi connectivity index (χ0n) is 7.92. The molecule has 1 N–H and O–H groups in total. The number of H-pyrrole nitrogens is 1. The fourth-order valence-corrected chi connectivity index (χ4v) is 1.80. The second-order valence-electron chi connectivity index (χ2n) is 3.14. The summed E-state index contributed by atoms with van der Waals surface area (Å²) in [6.07, 6.45) is 2.84. The molecule has 0 fully saturated rings. The number of nitrogens with zero attached hydrogens (tertiary/aromatic N) is 1. The third kappa shape index (κ3) is 1.73. The van der Waals surface area contributed by atoms with Gasteiger partial charge in [-0.1, -0.05) is 31.2 Å². The summed E-state index contributed by atoms with van der Waals surface area (Å²) in [6.45, 7) is 2.15. The van der Waals surface area contributed by atoms with Crippen molar-refractivity contribution in [2.45, 2.75) is 13.3 Å². The summed E-state index contributed by atoms with van der Waals surface area (Å²) in [6, 6.07) is 8.50. The van der Waals surface area contributed by atoms with Crippen molar-refractivity contribution in [2.24, 2.45) is 0 Å². The Morgan fingerprint density at radius 1 is 1.29 bits per heavy atom. The van der Waals surface area contributed by atoms with Crippen LogP contribution in [0.4, 0.5) is 0 Å². The number of nitrogens with one attached hydrogen (secondary N) is 1. The normalized spacial score (nSPS) is 10.4. The van der Waals surface area contributed by atoms with Gasteiger partial charge in [0.25, 0.3) is 0 Å². The number of hydrogen-bond donors (Lipinski definition) is 1. The second-order valence-corrected chi connectivity index (χ2v) is 4.00. The van der Waals surface area contributed by atoms with E-state index in [9.17, 15) is 0 Å². The SMILES string of the molecule is CCc1ccc(-c2[nH]ncc2Br)cc1. The lowest BCUT2D eigenvalue weighted by Crippen LogP contribution is -1.82. The fourth-order valence-electron chi connectivity index (χ4n) is 1.38. The molecular formula is C11H11BrN2. The van der Waals surface area contributed by atoms with E-state index in [1.54, 1.807) is 6.20 Å². The van der Waals surface area contributed by atoms with Crippen LogP contribution in [0.15, 0.2) is 34.9 Å². The Balaban J connectivity index is 2.39. The van der Waals surface area contributed by atoms with E-state index in [0.717, 1.165) is 22.2 Å². The summed E-state index contributed by atoms with van der Waals surface area (Å²) in [5.41, 5.74) is 3.55. The molecule has 2 rings (SSSR count). The smallest absolute Gasteiger partial charge is 0.0792 e. The molecule has 2 nitrogen and oxygen atoms in total. The largest absolute Gasteiger partial charge is 0.277 e. The van der Waals surface area contributed by atoms with E-state index in [1.807, 2.05) is 0 Å². The number of hydrogen-bond acceptors (Lipinski definition) is 1. The van der Waals surface area contributed by atoms with Crippen LogP contribution in [0.25, 0.3) is 11.3 Å². The van der Waals surface area contributed by atoms with Gasteiger partial charge >= 0.3 is 0 Å². The lowest BCUT2D eigenvalue weighted by atomic mass is 10.1. The average Bonchev–Trinajstić information content (AvgIpc) is 2.65. The number of aromatic nitrogens is 2. The van der Waals surface area contributed by atoms with E-state index in [1.165, 1.54) is 5.56 Å². The van der Waals surface area contributed by atoms with Crippen molar-refractivity contribution >= 4 is 15.9 Å². The third-order valence-corrected chi connectivity index (χ3v) is 2.85. The predicted octanol–water partition coefficient (Wildman–Crippen LogP) is 3.40. The van der Waals surface area contributed by atoms with Crippen molar-refractivity contribution in [2.75, 3.05) is 0 Å². The number of aryl methyl sites for hydroxylation is 1. The van der Waals surface area contributed by atoms with E-state index in [0.29, 0.717) is 0 Å². The topological polar surface area (TPSA) is 28.7 Å². The van der Waals surface area contributed by atoms with Crippen molar-refractivity contribution in [1.29, 1.82) is 0 Å². The molecule has 2 aromatic rings. The van der Waals surface area contributed by atoms with Crippen LogP contribution in [-0.2, 0) is 6.42 Å². The lowest BCUT2D eigenvalue weighted by Gasteiger charge is -2.00. The predicted molar refractivity (Wildman–Crippen MR) is 61.1 cm³/mol. The van der Waals surface area contributed by atoms with Crippen LogP contribution in [0.3, 0.4) is 0 Å². The highest BCUT2D eigenvalue weighted by atomic mass is 79.9. The van der Waals surface area contributed by atoms with Gasteiger partial charge in [0.2, 0.25) is 0 Å². The average molecular weight is 251 g/mol. The summed E-state index contributed by atoms with van der Waals surface area (Å²) in [5, 5.41) is 6.93. The Morgan fingerprint density at radius 3 is 2.50 bits per heavy atom. The van der Waals surface area contributed by atoms with Gasteiger partial charge in [0.1, 0.15) is 0 Å². The number of rotatable bonds is 2. The number of benzene rings is 1. The first-order chi connectivity index (χ1) is 6.81. The van der Waals surface area contributed by atoms with E-state index in [-0.39, 0.29) is 0 Å². The third-order valence-electron chi connectivity index (χ3n) is 2.24. The van der Waals surface area contributed by atoms with Gasteiger partial charge in [0.15, 0.2) is 0 Å². The molecule has 0 atom stereocenters. The highest BCUT2D eigenvalue weighted by Crippen LogP contribution is 2.25. The van der Waals surface area contributed by atoms with Crippen LogP contribution < -0.4 is 0 Å². The first-order valence-corrected chi connectivity index (χ1v) is 5.38. The van der Waals surface area contributed by atoms with Gasteiger partial charge < -0.3 is 0 Å². The quantitative estimate of drug-likeness (QED) is 0.870. The van der Waals surface area contributed by atoms with Crippen molar-refractivity contribution in [3.05, 3.63) is 40.5 Å². The number of halogens is 1. The van der Waals surface area contributed by atoms with Gasteiger partial charge in [-0.25, -0.2) is 0 Å². The minimum absolute atomic E-state index is 1.00. The maximum Gasteiger partial charge on any atom is 0.0792 e. The molecule has 0 unspecified atom stereocenters. The van der Waals surface area contributed by atoms with Crippen LogP contribution in [0.5, 0.6) is 0 Å². The van der Waals surface area contributed by atoms with Crippen molar-refractivity contribution in [1.82, 2.24) is 10.2 Å². The van der Waals surface area contributed by atoms with Gasteiger partial charge in [-0.3, -0.25) is 5.10 Å². The summed E-state index contributed by atoms with van der Waals surface area (Å²) < 4.78 is 1.00. The van der Waals surface area contributed by atoms with Crippen molar-refractivity contribution in [3.63, 3.8) is 0 Å². The van der Waals surface area contributed by atoms with Crippen molar-refractivity contribution in [3.8, 4) is 11.3 Å². The minimum Gasteiger partial charge on any atom is -0.277 e. The zero-order valence-corrected chi connectivity index (χ0v) is 9.51. The molecule has 0 saturated carbocycles. The molecule has 3 heteroatoms. The molecule has 0 aliphatic heterocycles. The zero-order chi connectivity index (χ0) is 9.97. The maximum atomic E-state index is 3.97. The molecular weight excluding hydrogens is 240 g/mol. The highest BCUT2D eigenvalue weighted by molar-refractivity contribution is 9.10. The molecule has 0 aliphatic carbocycles. The first kappa shape index (κ1) is 9.46. The lowest BCUT2D eigenvalue weighted by molar-refractivity contribution is 1.09. The van der Waals surface area contributed by atoms with Crippen LogP contribution in [-0.4, -0.2) is 10.2 Å². The minimum atomic E-state index is 1.00. The van der Waals surface area contributed by atoms with Crippen LogP contribution in [0, 0.1) is 0 Å². The Bertz CT molecular complexity index is 417. The Morgan fingerprint density at radius 2 is 2.00 bits per heavy atom. The molecule has 0 bridgehead atoms. The highest BCUT2D eigenvalue weighted by Gasteiger charge is 2.03. The van der Waals surface area contributed by atoms with Crippen LogP contribution >= 0.6 is 15.9 Å².